The third kappa shape index (κ3) is 5.37. The van der Waals surface area contributed by atoms with Gasteiger partial charge in [-0.05, 0) is 51.0 Å². The molecule has 0 bridgehead atoms. The van der Waals surface area contributed by atoms with Crippen LogP contribution in [0.1, 0.15) is 54.1 Å². The molecule has 1 aliphatic heterocycles. The molecule has 1 aromatic carbocycles. The summed E-state index contributed by atoms with van der Waals surface area (Å²) in [5.74, 6) is 0.0231. The number of rotatable bonds is 6. The van der Waals surface area contributed by atoms with Crippen molar-refractivity contribution in [2.45, 2.75) is 58.8 Å². The zero-order valence-corrected chi connectivity index (χ0v) is 19.5. The number of nitrogen functional groups attached to an aromatic ring is 1. The Morgan fingerprint density at radius 3 is 2.48 bits per heavy atom. The number of thiophene rings is 1. The van der Waals surface area contributed by atoms with Crippen molar-refractivity contribution in [3.05, 3.63) is 45.8 Å². The second-order valence-corrected chi connectivity index (χ2v) is 9.61. The van der Waals surface area contributed by atoms with E-state index in [1.165, 1.54) is 11.3 Å². The molecule has 168 valence electrons. The lowest BCUT2D eigenvalue weighted by Gasteiger charge is -2.34. The molecule has 31 heavy (non-hydrogen) atoms. The molecule has 1 atom stereocenters. The van der Waals surface area contributed by atoms with E-state index >= 15 is 0 Å². The maximum Gasteiger partial charge on any atom is 0.341 e. The van der Waals surface area contributed by atoms with E-state index in [1.54, 1.807) is 14.0 Å². The van der Waals surface area contributed by atoms with Gasteiger partial charge in [-0.2, -0.15) is 0 Å². The molecule has 0 radical (unpaired) electrons. The van der Waals surface area contributed by atoms with Crippen LogP contribution in [0.3, 0.4) is 0 Å². The molecule has 7 nitrogen and oxygen atoms in total. The van der Waals surface area contributed by atoms with E-state index in [-0.39, 0.29) is 5.97 Å². The molecular weight excluding hydrogens is 416 g/mol. The first-order valence-corrected chi connectivity index (χ1v) is 11.1. The average molecular weight is 447 g/mol. The van der Waals surface area contributed by atoms with Crippen LogP contribution in [0.15, 0.2) is 24.3 Å². The first-order valence-electron chi connectivity index (χ1n) is 10.3. The third-order valence-electron chi connectivity index (χ3n) is 5.01. The lowest BCUT2D eigenvalue weighted by molar-refractivity contribution is -0.150. The molecule has 8 heteroatoms. The smallest absolute Gasteiger partial charge is 0.341 e. The van der Waals surface area contributed by atoms with E-state index < -0.39 is 17.6 Å². The Balaban J connectivity index is 1.92. The van der Waals surface area contributed by atoms with Crippen molar-refractivity contribution in [1.82, 2.24) is 4.90 Å². The topological polar surface area (TPSA) is 91.1 Å². The first-order chi connectivity index (χ1) is 14.6. The summed E-state index contributed by atoms with van der Waals surface area (Å²) in [6.07, 6.45) is 0.354. The minimum absolute atomic E-state index is 0.295. The van der Waals surface area contributed by atoms with Crippen LogP contribution in [0.25, 0.3) is 0 Å². The number of methoxy groups -OCH3 is 1. The van der Waals surface area contributed by atoms with Gasteiger partial charge in [-0.1, -0.05) is 12.1 Å². The van der Waals surface area contributed by atoms with Crippen molar-refractivity contribution in [3.8, 4) is 5.75 Å². The Kier molecular flexibility index (Phi) is 6.91. The SMILES string of the molecule is CCOC(=O)C1Cc2c(sc(N)c2C(=O)OC(C)(C)C)CN1Cc1ccc(OC)cc1. The minimum atomic E-state index is -0.631. The van der Waals surface area contributed by atoms with Crippen molar-refractivity contribution in [2.75, 3.05) is 19.5 Å². The van der Waals surface area contributed by atoms with Crippen molar-refractivity contribution in [3.63, 3.8) is 0 Å². The fourth-order valence-electron chi connectivity index (χ4n) is 3.65. The molecule has 1 aliphatic rings. The van der Waals surface area contributed by atoms with Gasteiger partial charge < -0.3 is 19.9 Å². The molecule has 0 saturated heterocycles. The Bertz CT molecular complexity index is 946. The maximum absolute atomic E-state index is 12.8. The molecule has 0 fully saturated rings. The van der Waals surface area contributed by atoms with Gasteiger partial charge in [0, 0.05) is 24.4 Å². The predicted octanol–water partition coefficient (Wildman–Crippen LogP) is 3.78. The van der Waals surface area contributed by atoms with E-state index in [4.69, 9.17) is 19.9 Å². The number of hydrogen-bond donors (Lipinski definition) is 1. The second kappa shape index (κ2) is 9.28. The number of esters is 2. The monoisotopic (exact) mass is 446 g/mol. The van der Waals surface area contributed by atoms with Crippen LogP contribution >= 0.6 is 11.3 Å². The summed E-state index contributed by atoms with van der Waals surface area (Å²) >= 11 is 1.38. The van der Waals surface area contributed by atoms with Gasteiger partial charge in [0.05, 0.1) is 19.3 Å². The number of nitrogens with two attached hydrogens (primary N) is 1. The number of carbonyl (C=O) groups is 2. The number of benzene rings is 1. The Morgan fingerprint density at radius 2 is 1.90 bits per heavy atom. The van der Waals surface area contributed by atoms with E-state index in [1.807, 2.05) is 45.0 Å². The quantitative estimate of drug-likeness (QED) is 0.675. The fourth-order valence-corrected chi connectivity index (χ4v) is 4.76. The summed E-state index contributed by atoms with van der Waals surface area (Å²) in [6, 6.07) is 7.24. The van der Waals surface area contributed by atoms with E-state index in [9.17, 15) is 9.59 Å². The Labute approximate surface area is 187 Å². The summed E-state index contributed by atoms with van der Waals surface area (Å²) in [5, 5.41) is 0.424. The Morgan fingerprint density at radius 1 is 1.23 bits per heavy atom. The lowest BCUT2D eigenvalue weighted by atomic mass is 9.95. The zero-order valence-electron chi connectivity index (χ0n) is 18.7. The van der Waals surface area contributed by atoms with Crippen LogP contribution in [0.2, 0.25) is 0 Å². The minimum Gasteiger partial charge on any atom is -0.497 e. The van der Waals surface area contributed by atoms with E-state index in [2.05, 4.69) is 4.90 Å². The van der Waals surface area contributed by atoms with Gasteiger partial charge >= 0.3 is 11.9 Å². The van der Waals surface area contributed by atoms with Gasteiger partial charge in [0.1, 0.15) is 22.4 Å². The standard InChI is InChI=1S/C23H30N2O5S/c1-6-29-21(26)17-11-16-18(31-20(24)19(16)22(27)30-23(2,3)4)13-25(17)12-14-7-9-15(28-5)10-8-14/h7-10,17H,6,11-13,24H2,1-5H3. The number of nitrogens with zero attached hydrogens (tertiary/aromatic N) is 1. The molecule has 2 heterocycles. The molecule has 0 amide bonds. The number of carbonyl (C=O) groups excluding carboxylic acids is 2. The molecule has 2 aromatic rings. The van der Waals surface area contributed by atoms with Crippen molar-refractivity contribution in [2.24, 2.45) is 0 Å². The van der Waals surface area contributed by atoms with Crippen LogP contribution in [-0.4, -0.2) is 42.2 Å². The van der Waals surface area contributed by atoms with Crippen molar-refractivity contribution >= 4 is 28.3 Å². The van der Waals surface area contributed by atoms with Gasteiger partial charge in [-0.25, -0.2) is 4.79 Å². The normalized spacial score (nSPS) is 16.5. The zero-order chi connectivity index (χ0) is 22.8. The van der Waals surface area contributed by atoms with Gasteiger partial charge in [-0.15, -0.1) is 11.3 Å². The van der Waals surface area contributed by atoms with Crippen LogP contribution in [-0.2, 0) is 33.8 Å². The molecule has 2 N–H and O–H groups in total. The molecule has 1 aromatic heterocycles. The Hall–Kier alpha value is -2.58. The number of ether oxygens (including phenoxy) is 3. The van der Waals surface area contributed by atoms with Crippen LogP contribution in [0, 0.1) is 0 Å². The highest BCUT2D eigenvalue weighted by Gasteiger charge is 2.38. The van der Waals surface area contributed by atoms with Gasteiger partial charge in [0.15, 0.2) is 0 Å². The molecule has 0 aliphatic carbocycles. The highest BCUT2D eigenvalue weighted by atomic mass is 32.1. The van der Waals surface area contributed by atoms with Crippen LogP contribution in [0.5, 0.6) is 5.75 Å². The third-order valence-corrected chi connectivity index (χ3v) is 6.06. The average Bonchev–Trinajstić information content (AvgIpc) is 3.01. The highest BCUT2D eigenvalue weighted by Crippen LogP contribution is 2.38. The second-order valence-electron chi connectivity index (χ2n) is 8.47. The summed E-state index contributed by atoms with van der Waals surface area (Å²) in [6.45, 7) is 8.60. The van der Waals surface area contributed by atoms with E-state index in [0.717, 1.165) is 21.8 Å². The summed E-state index contributed by atoms with van der Waals surface area (Å²) in [7, 11) is 1.63. The van der Waals surface area contributed by atoms with Gasteiger partial charge in [0.25, 0.3) is 0 Å². The van der Waals surface area contributed by atoms with Gasteiger partial charge in [0.2, 0.25) is 0 Å². The molecular formula is C23H30N2O5S. The van der Waals surface area contributed by atoms with Crippen LogP contribution < -0.4 is 10.5 Å². The number of fused-ring (bicyclic) bond motifs is 1. The first kappa shape index (κ1) is 23.1. The molecule has 0 spiro atoms. The highest BCUT2D eigenvalue weighted by molar-refractivity contribution is 7.16. The fraction of sp³-hybridized carbons (Fsp3) is 0.478. The lowest BCUT2D eigenvalue weighted by Crippen LogP contribution is -2.45. The van der Waals surface area contributed by atoms with Gasteiger partial charge in [-0.3, -0.25) is 9.69 Å². The van der Waals surface area contributed by atoms with E-state index in [0.29, 0.717) is 36.7 Å². The summed E-state index contributed by atoms with van der Waals surface area (Å²) in [5.41, 5.74) is 7.82. The summed E-state index contributed by atoms with van der Waals surface area (Å²) < 4.78 is 16.1. The van der Waals surface area contributed by atoms with Crippen molar-refractivity contribution < 1.29 is 23.8 Å². The molecule has 3 rings (SSSR count). The van der Waals surface area contributed by atoms with Crippen LogP contribution in [0.4, 0.5) is 5.00 Å². The summed E-state index contributed by atoms with van der Waals surface area (Å²) in [4.78, 5) is 28.7. The van der Waals surface area contributed by atoms with Crippen molar-refractivity contribution in [1.29, 1.82) is 0 Å². The predicted molar refractivity (Wildman–Crippen MR) is 120 cm³/mol. The maximum atomic E-state index is 12.8. The number of anilines is 1. The number of hydrogen-bond acceptors (Lipinski definition) is 8. The largest absolute Gasteiger partial charge is 0.497 e. The molecule has 1 unspecified atom stereocenters. The molecule has 0 saturated carbocycles.